The van der Waals surface area contributed by atoms with Gasteiger partial charge in [0.1, 0.15) is 5.82 Å². The van der Waals surface area contributed by atoms with Gasteiger partial charge in [-0.15, -0.1) is 0 Å². The van der Waals surface area contributed by atoms with Crippen LogP contribution < -0.4 is 5.32 Å². The Morgan fingerprint density at radius 2 is 2.47 bits per heavy atom. The Hall–Kier alpha value is -1.69. The van der Waals surface area contributed by atoms with E-state index in [0.717, 1.165) is 26.0 Å². The Kier molecular flexibility index (Phi) is 4.68. The lowest BCUT2D eigenvalue weighted by Crippen LogP contribution is -2.23. The summed E-state index contributed by atoms with van der Waals surface area (Å²) in [6, 6.07) is 1.74. The van der Waals surface area contributed by atoms with Crippen LogP contribution in [0.25, 0.3) is 0 Å². The zero-order valence-electron chi connectivity index (χ0n) is 11.3. The molecule has 19 heavy (non-hydrogen) atoms. The van der Waals surface area contributed by atoms with Gasteiger partial charge in [-0.25, -0.2) is 14.8 Å². The number of methoxy groups -OCH3 is 1. The topological polar surface area (TPSA) is 73.3 Å². The molecule has 0 radical (unpaired) electrons. The second kappa shape index (κ2) is 6.47. The molecule has 0 aliphatic carbocycles. The highest BCUT2D eigenvalue weighted by atomic mass is 16.5. The molecule has 104 valence electrons. The van der Waals surface area contributed by atoms with Crippen molar-refractivity contribution in [2.45, 2.75) is 25.9 Å². The smallest absolute Gasteiger partial charge is 0.376 e. The lowest BCUT2D eigenvalue weighted by molar-refractivity contribution is 0.0586. The van der Waals surface area contributed by atoms with Crippen LogP contribution in [0.4, 0.5) is 5.82 Å². The Bertz CT molecular complexity index is 439. The third-order valence-corrected chi connectivity index (χ3v) is 3.32. The van der Waals surface area contributed by atoms with Gasteiger partial charge < -0.3 is 14.8 Å². The minimum Gasteiger partial charge on any atom is -0.463 e. The summed E-state index contributed by atoms with van der Waals surface area (Å²) < 4.78 is 10.2. The number of anilines is 1. The number of carbonyl (C=O) groups is 1. The van der Waals surface area contributed by atoms with Gasteiger partial charge in [0.15, 0.2) is 0 Å². The number of hydrogen-bond acceptors (Lipinski definition) is 6. The van der Waals surface area contributed by atoms with E-state index in [1.807, 2.05) is 0 Å². The normalized spacial score (nSPS) is 22.2. The molecule has 0 aromatic carbocycles. The van der Waals surface area contributed by atoms with Gasteiger partial charge in [-0.3, -0.25) is 0 Å². The molecule has 0 saturated carbocycles. The van der Waals surface area contributed by atoms with Crippen molar-refractivity contribution in [1.82, 2.24) is 9.97 Å². The second-order valence-electron chi connectivity index (χ2n) is 4.50. The van der Waals surface area contributed by atoms with Gasteiger partial charge >= 0.3 is 5.97 Å². The van der Waals surface area contributed by atoms with Crippen molar-refractivity contribution >= 4 is 11.8 Å². The van der Waals surface area contributed by atoms with Gasteiger partial charge in [-0.1, -0.05) is 6.92 Å². The maximum atomic E-state index is 11.3. The molecule has 2 atom stereocenters. The highest BCUT2D eigenvalue weighted by Crippen LogP contribution is 2.23. The molecule has 1 aromatic heterocycles. The predicted molar refractivity (Wildman–Crippen MR) is 70.0 cm³/mol. The number of esters is 1. The summed E-state index contributed by atoms with van der Waals surface area (Å²) in [5.41, 5.74) is 0. The summed E-state index contributed by atoms with van der Waals surface area (Å²) in [6.45, 7) is 3.74. The number of carbonyl (C=O) groups excluding carboxylic acids is 1. The van der Waals surface area contributed by atoms with Gasteiger partial charge in [0.25, 0.3) is 0 Å². The Balaban J connectivity index is 1.94. The fourth-order valence-corrected chi connectivity index (χ4v) is 2.26. The van der Waals surface area contributed by atoms with Crippen LogP contribution in [-0.2, 0) is 9.47 Å². The van der Waals surface area contributed by atoms with Crippen LogP contribution in [0.3, 0.4) is 0 Å². The van der Waals surface area contributed by atoms with E-state index in [0.29, 0.717) is 17.8 Å². The standard InChI is InChI=1S/C13H19N3O3/c1-3-10-9(5-7-19-10)8-15-11-4-6-14-12(16-11)13(17)18-2/h4,6,9-10H,3,5,7-8H2,1-2H3,(H,14,15,16). The first-order valence-corrected chi connectivity index (χ1v) is 6.51. The Morgan fingerprint density at radius 3 is 3.21 bits per heavy atom. The molecular formula is C13H19N3O3. The molecular weight excluding hydrogens is 246 g/mol. The van der Waals surface area contributed by atoms with Crippen LogP contribution in [0.5, 0.6) is 0 Å². The zero-order valence-corrected chi connectivity index (χ0v) is 11.3. The first-order chi connectivity index (χ1) is 9.24. The van der Waals surface area contributed by atoms with Crippen LogP contribution in [0.2, 0.25) is 0 Å². The third kappa shape index (κ3) is 3.41. The number of nitrogens with one attached hydrogen (secondary N) is 1. The molecule has 0 spiro atoms. The predicted octanol–water partition coefficient (Wildman–Crippen LogP) is 1.49. The molecule has 1 aliphatic heterocycles. The molecule has 6 heteroatoms. The van der Waals surface area contributed by atoms with E-state index in [9.17, 15) is 4.79 Å². The molecule has 2 unspecified atom stereocenters. The molecule has 2 heterocycles. The molecule has 2 rings (SSSR count). The summed E-state index contributed by atoms with van der Waals surface area (Å²) in [5.74, 6) is 0.667. The third-order valence-electron chi connectivity index (χ3n) is 3.32. The van der Waals surface area contributed by atoms with E-state index < -0.39 is 5.97 Å². The number of hydrogen-bond donors (Lipinski definition) is 1. The largest absolute Gasteiger partial charge is 0.463 e. The highest BCUT2D eigenvalue weighted by Gasteiger charge is 2.26. The molecule has 1 N–H and O–H groups in total. The maximum Gasteiger partial charge on any atom is 0.376 e. The first-order valence-electron chi connectivity index (χ1n) is 6.51. The van der Waals surface area contributed by atoms with E-state index in [1.165, 1.54) is 7.11 Å². The van der Waals surface area contributed by atoms with E-state index in [2.05, 4.69) is 26.9 Å². The molecule has 1 aliphatic rings. The Labute approximate surface area is 112 Å². The summed E-state index contributed by atoms with van der Waals surface area (Å²) in [6.07, 6.45) is 3.93. The van der Waals surface area contributed by atoms with Gasteiger partial charge in [-0.2, -0.15) is 0 Å². The zero-order chi connectivity index (χ0) is 13.7. The van der Waals surface area contributed by atoms with Crippen LogP contribution in [0.15, 0.2) is 12.3 Å². The van der Waals surface area contributed by atoms with Crippen LogP contribution in [0.1, 0.15) is 30.4 Å². The molecule has 0 bridgehead atoms. The number of rotatable bonds is 5. The molecule has 0 amide bonds. The van der Waals surface area contributed by atoms with Gasteiger partial charge in [0.05, 0.1) is 13.2 Å². The van der Waals surface area contributed by atoms with Gasteiger partial charge in [0, 0.05) is 25.3 Å². The SMILES string of the molecule is CCC1OCCC1CNc1ccnc(C(=O)OC)n1. The molecule has 1 aromatic rings. The lowest BCUT2D eigenvalue weighted by atomic mass is 10.00. The van der Waals surface area contributed by atoms with E-state index in [-0.39, 0.29) is 5.82 Å². The lowest BCUT2D eigenvalue weighted by Gasteiger charge is -2.17. The van der Waals surface area contributed by atoms with Crippen molar-refractivity contribution in [2.24, 2.45) is 5.92 Å². The second-order valence-corrected chi connectivity index (χ2v) is 4.50. The average molecular weight is 265 g/mol. The first kappa shape index (κ1) is 13.7. The van der Waals surface area contributed by atoms with E-state index in [4.69, 9.17) is 4.74 Å². The minimum atomic E-state index is -0.528. The monoisotopic (exact) mass is 265 g/mol. The average Bonchev–Trinajstić information content (AvgIpc) is 2.92. The van der Waals surface area contributed by atoms with Crippen LogP contribution >= 0.6 is 0 Å². The number of nitrogens with zero attached hydrogens (tertiary/aromatic N) is 2. The summed E-state index contributed by atoms with van der Waals surface area (Å²) in [7, 11) is 1.31. The fourth-order valence-electron chi connectivity index (χ4n) is 2.26. The highest BCUT2D eigenvalue weighted by molar-refractivity contribution is 5.85. The van der Waals surface area contributed by atoms with Crippen molar-refractivity contribution < 1.29 is 14.3 Å². The number of ether oxygens (including phenoxy) is 2. The summed E-state index contributed by atoms with van der Waals surface area (Å²) in [4.78, 5) is 19.3. The van der Waals surface area contributed by atoms with Crippen molar-refractivity contribution in [3.05, 3.63) is 18.1 Å². The van der Waals surface area contributed by atoms with Crippen molar-refractivity contribution in [2.75, 3.05) is 25.6 Å². The van der Waals surface area contributed by atoms with E-state index in [1.54, 1.807) is 12.3 Å². The number of aromatic nitrogens is 2. The van der Waals surface area contributed by atoms with Crippen molar-refractivity contribution in [1.29, 1.82) is 0 Å². The van der Waals surface area contributed by atoms with E-state index >= 15 is 0 Å². The van der Waals surface area contributed by atoms with Crippen LogP contribution in [0, 0.1) is 5.92 Å². The molecule has 6 nitrogen and oxygen atoms in total. The van der Waals surface area contributed by atoms with Crippen molar-refractivity contribution in [3.8, 4) is 0 Å². The summed E-state index contributed by atoms with van der Waals surface area (Å²) >= 11 is 0. The fraction of sp³-hybridized carbons (Fsp3) is 0.615. The van der Waals surface area contributed by atoms with Gasteiger partial charge in [0.2, 0.25) is 5.82 Å². The van der Waals surface area contributed by atoms with Crippen molar-refractivity contribution in [3.63, 3.8) is 0 Å². The molecule has 1 saturated heterocycles. The van der Waals surface area contributed by atoms with Crippen LogP contribution in [-0.4, -0.2) is 42.3 Å². The Morgan fingerprint density at radius 1 is 1.63 bits per heavy atom. The summed E-state index contributed by atoms with van der Waals surface area (Å²) in [5, 5.41) is 3.23. The molecule has 1 fully saturated rings. The quantitative estimate of drug-likeness (QED) is 0.813. The maximum absolute atomic E-state index is 11.3. The van der Waals surface area contributed by atoms with Gasteiger partial charge in [-0.05, 0) is 18.9 Å². The minimum absolute atomic E-state index is 0.0715.